The molecule has 0 atom stereocenters. The first-order valence-electron chi connectivity index (χ1n) is 13.7. The number of nitrogens with one attached hydrogen (secondary N) is 2. The number of nitrogens with zero attached hydrogens (tertiary/aromatic N) is 1. The number of methoxy groups -OCH3 is 2. The van der Waals surface area contributed by atoms with Gasteiger partial charge in [-0.05, 0) is 48.4 Å². The van der Waals surface area contributed by atoms with Crippen molar-refractivity contribution in [3.05, 3.63) is 46.8 Å². The summed E-state index contributed by atoms with van der Waals surface area (Å²) in [6.07, 6.45) is -1.42. The van der Waals surface area contributed by atoms with Gasteiger partial charge in [0.2, 0.25) is 0 Å². The van der Waals surface area contributed by atoms with Gasteiger partial charge in [0.05, 0.1) is 45.9 Å². The van der Waals surface area contributed by atoms with E-state index in [-0.39, 0.29) is 23.0 Å². The molecular weight excluding hydrogens is 587 g/mol. The van der Waals surface area contributed by atoms with Crippen LogP contribution in [0.1, 0.15) is 29.7 Å². The molecule has 3 aromatic rings. The smallest absolute Gasteiger partial charge is 0.393 e. The number of hydrogen-bond donors (Lipinski definition) is 2. The van der Waals surface area contributed by atoms with Crippen molar-refractivity contribution >= 4 is 42.6 Å². The SMILES string of the molecule is COCCCN1CCC(Nc2cccc3c(CC(F)(F)F)c(C#CCNc4ccc(S(C)(=O)=O)cc4OC)sc23)CC1. The fourth-order valence-electron chi connectivity index (χ4n) is 5.03. The third-order valence-electron chi connectivity index (χ3n) is 7.14. The molecular formula is C30H36F3N3O4S2. The van der Waals surface area contributed by atoms with E-state index in [0.717, 1.165) is 62.1 Å². The number of benzene rings is 2. The lowest BCUT2D eigenvalue weighted by Crippen LogP contribution is -2.39. The summed E-state index contributed by atoms with van der Waals surface area (Å²) in [5.74, 6) is 6.22. The summed E-state index contributed by atoms with van der Waals surface area (Å²) < 4.78 is 75.7. The van der Waals surface area contributed by atoms with Crippen LogP contribution >= 0.6 is 11.3 Å². The van der Waals surface area contributed by atoms with Crippen molar-refractivity contribution in [2.45, 2.75) is 42.8 Å². The van der Waals surface area contributed by atoms with E-state index in [9.17, 15) is 21.6 Å². The summed E-state index contributed by atoms with van der Waals surface area (Å²) in [5, 5.41) is 7.22. The molecule has 2 N–H and O–H groups in total. The minimum absolute atomic E-state index is 0.120. The van der Waals surface area contributed by atoms with Gasteiger partial charge in [-0.1, -0.05) is 24.0 Å². The lowest BCUT2D eigenvalue weighted by atomic mass is 10.0. The normalized spacial score (nSPS) is 14.9. The van der Waals surface area contributed by atoms with E-state index < -0.39 is 22.4 Å². The molecule has 1 aromatic heterocycles. The number of thiophene rings is 1. The van der Waals surface area contributed by atoms with Crippen molar-refractivity contribution in [1.82, 2.24) is 4.90 Å². The number of hydrogen-bond acceptors (Lipinski definition) is 8. The maximum Gasteiger partial charge on any atom is 0.393 e. The number of fused-ring (bicyclic) bond motifs is 1. The Balaban J connectivity index is 1.52. The predicted octanol–water partition coefficient (Wildman–Crippen LogP) is 5.79. The van der Waals surface area contributed by atoms with Crippen LogP contribution in [0.25, 0.3) is 10.1 Å². The Morgan fingerprint density at radius 3 is 2.55 bits per heavy atom. The highest BCUT2D eigenvalue weighted by atomic mass is 32.2. The van der Waals surface area contributed by atoms with E-state index in [1.807, 2.05) is 6.07 Å². The second-order valence-corrected chi connectivity index (χ2v) is 13.3. The highest BCUT2D eigenvalue weighted by Crippen LogP contribution is 2.39. The Hall–Kier alpha value is -2.98. The lowest BCUT2D eigenvalue weighted by Gasteiger charge is -2.32. The average molecular weight is 624 g/mol. The number of sulfone groups is 1. The Bertz CT molecular complexity index is 1540. The fourth-order valence-corrected chi connectivity index (χ4v) is 6.83. The number of rotatable bonds is 11. The van der Waals surface area contributed by atoms with E-state index in [2.05, 4.69) is 27.4 Å². The van der Waals surface area contributed by atoms with Gasteiger partial charge in [-0.2, -0.15) is 13.2 Å². The predicted molar refractivity (Wildman–Crippen MR) is 163 cm³/mol. The van der Waals surface area contributed by atoms with Crippen LogP contribution in [0.2, 0.25) is 0 Å². The van der Waals surface area contributed by atoms with Gasteiger partial charge >= 0.3 is 6.18 Å². The first-order valence-corrected chi connectivity index (χ1v) is 16.4. The molecule has 0 bridgehead atoms. The first kappa shape index (κ1) is 31.9. The summed E-state index contributed by atoms with van der Waals surface area (Å²) in [4.78, 5) is 2.92. The van der Waals surface area contributed by atoms with Gasteiger partial charge in [0.15, 0.2) is 9.84 Å². The van der Waals surface area contributed by atoms with Crippen LogP contribution in [0, 0.1) is 11.8 Å². The van der Waals surface area contributed by atoms with Crippen LogP contribution in [0.3, 0.4) is 0 Å². The van der Waals surface area contributed by atoms with Crippen molar-refractivity contribution in [3.8, 4) is 17.6 Å². The highest BCUT2D eigenvalue weighted by Gasteiger charge is 2.31. The molecule has 12 heteroatoms. The molecule has 0 unspecified atom stereocenters. The Morgan fingerprint density at radius 2 is 1.88 bits per heavy atom. The summed E-state index contributed by atoms with van der Waals surface area (Å²) in [6.45, 7) is 3.80. The molecule has 7 nitrogen and oxygen atoms in total. The van der Waals surface area contributed by atoms with Crippen molar-refractivity contribution in [2.24, 2.45) is 0 Å². The summed E-state index contributed by atoms with van der Waals surface area (Å²) in [7, 11) is -0.271. The van der Waals surface area contributed by atoms with Crippen LogP contribution in [0.4, 0.5) is 24.5 Å². The maximum atomic E-state index is 13.6. The van der Waals surface area contributed by atoms with E-state index in [4.69, 9.17) is 9.47 Å². The van der Waals surface area contributed by atoms with Crippen LogP contribution in [0.15, 0.2) is 41.3 Å². The molecule has 1 fully saturated rings. The zero-order valence-electron chi connectivity index (χ0n) is 23.9. The molecule has 0 spiro atoms. The van der Waals surface area contributed by atoms with Crippen molar-refractivity contribution < 1.29 is 31.1 Å². The van der Waals surface area contributed by atoms with E-state index in [0.29, 0.717) is 21.7 Å². The van der Waals surface area contributed by atoms with Crippen LogP contribution in [0.5, 0.6) is 5.75 Å². The number of likely N-dealkylation sites (tertiary alicyclic amines) is 1. The highest BCUT2D eigenvalue weighted by molar-refractivity contribution is 7.90. The van der Waals surface area contributed by atoms with E-state index >= 15 is 0 Å². The summed E-state index contributed by atoms with van der Waals surface area (Å²) >= 11 is 1.27. The van der Waals surface area contributed by atoms with Gasteiger partial charge in [0.25, 0.3) is 0 Å². The van der Waals surface area contributed by atoms with Crippen molar-refractivity contribution in [2.75, 3.05) is 63.9 Å². The average Bonchev–Trinajstić information content (AvgIpc) is 3.28. The molecule has 0 aliphatic carbocycles. The van der Waals surface area contributed by atoms with Gasteiger partial charge in [-0.3, -0.25) is 0 Å². The second kappa shape index (κ2) is 14.0. The van der Waals surface area contributed by atoms with Gasteiger partial charge in [-0.25, -0.2) is 8.42 Å². The van der Waals surface area contributed by atoms with E-state index in [1.165, 1.54) is 30.6 Å². The van der Waals surface area contributed by atoms with Crippen LogP contribution in [-0.4, -0.2) is 78.8 Å². The molecule has 1 aliphatic heterocycles. The van der Waals surface area contributed by atoms with Gasteiger partial charge in [0, 0.05) is 51.7 Å². The molecule has 0 amide bonds. The maximum absolute atomic E-state index is 13.6. The number of piperidine rings is 1. The van der Waals surface area contributed by atoms with Gasteiger partial charge in [-0.15, -0.1) is 11.3 Å². The number of anilines is 2. The minimum Gasteiger partial charge on any atom is -0.495 e. The van der Waals surface area contributed by atoms with Gasteiger partial charge < -0.3 is 25.0 Å². The topological polar surface area (TPSA) is 79.9 Å². The lowest BCUT2D eigenvalue weighted by molar-refractivity contribution is -0.126. The Morgan fingerprint density at radius 1 is 1.12 bits per heavy atom. The fraction of sp³-hybridized carbons (Fsp3) is 0.467. The molecule has 42 heavy (non-hydrogen) atoms. The van der Waals surface area contributed by atoms with Crippen molar-refractivity contribution in [1.29, 1.82) is 0 Å². The first-order chi connectivity index (χ1) is 20.0. The molecule has 2 aromatic carbocycles. The number of ether oxygens (including phenoxy) is 2. The molecule has 2 heterocycles. The molecule has 0 radical (unpaired) electrons. The van der Waals surface area contributed by atoms with Crippen LogP contribution in [-0.2, 0) is 21.0 Å². The zero-order chi connectivity index (χ0) is 30.3. The van der Waals surface area contributed by atoms with Crippen molar-refractivity contribution in [3.63, 3.8) is 0 Å². The largest absolute Gasteiger partial charge is 0.495 e. The molecule has 1 saturated heterocycles. The standard InChI is InChI=1S/C30H36F3N3O4S2/c1-39-18-6-15-36-16-12-21(13-17-36)35-26-8-4-7-23-24(20-30(31,32)33)28(41-29(23)26)9-5-14-34-25-11-10-22(42(3,37)38)19-27(25)40-2/h4,7-8,10-11,19,21,34-35H,6,12-18,20H2,1-3H3. The molecule has 1 aliphatic rings. The third kappa shape index (κ3) is 8.53. The quantitative estimate of drug-likeness (QED) is 0.207. The second-order valence-electron chi connectivity index (χ2n) is 10.3. The minimum atomic E-state index is -4.38. The Labute approximate surface area is 249 Å². The number of halogens is 3. The van der Waals surface area contributed by atoms with Crippen LogP contribution < -0.4 is 15.4 Å². The zero-order valence-corrected chi connectivity index (χ0v) is 25.6. The summed E-state index contributed by atoms with van der Waals surface area (Å²) in [5.41, 5.74) is 1.55. The molecule has 228 valence electrons. The monoisotopic (exact) mass is 623 g/mol. The number of alkyl halides is 3. The van der Waals surface area contributed by atoms with Gasteiger partial charge in [0.1, 0.15) is 5.75 Å². The third-order valence-corrected chi connectivity index (χ3v) is 9.44. The molecule has 4 rings (SSSR count). The van der Waals surface area contributed by atoms with E-state index in [1.54, 1.807) is 25.3 Å². The summed E-state index contributed by atoms with van der Waals surface area (Å²) in [6, 6.07) is 10.1. The molecule has 0 saturated carbocycles. The Kier molecular flexibility index (Phi) is 10.6.